The number of rotatable bonds is 5. The van der Waals surface area contributed by atoms with Crippen molar-refractivity contribution in [3.05, 3.63) is 40.6 Å². The number of allylic oxidation sites excluding steroid dienone is 2. The first-order chi connectivity index (χ1) is 10.9. The lowest BCUT2D eigenvalue weighted by molar-refractivity contribution is 0.0949. The van der Waals surface area contributed by atoms with Crippen molar-refractivity contribution in [2.24, 2.45) is 5.92 Å². The van der Waals surface area contributed by atoms with E-state index in [1.807, 2.05) is 13.8 Å². The average molecular weight is 307 g/mol. The first kappa shape index (κ1) is 17.8. The molecule has 0 atom stereocenters. The smallest absolute Gasteiger partial charge is 0.251 e. The van der Waals surface area contributed by atoms with Crippen molar-refractivity contribution in [3.63, 3.8) is 0 Å². The molecule has 6 heteroatoms. The highest BCUT2D eigenvalue weighted by atomic mass is 16.1. The molecule has 0 saturated heterocycles. The van der Waals surface area contributed by atoms with Crippen LogP contribution in [-0.2, 0) is 0 Å². The van der Waals surface area contributed by atoms with E-state index >= 15 is 0 Å². The molecule has 0 radical (unpaired) electrons. The Kier molecular flexibility index (Phi) is 6.34. The van der Waals surface area contributed by atoms with Gasteiger partial charge in [-0.25, -0.2) is 0 Å². The Balaban J connectivity index is 3.00. The summed E-state index contributed by atoms with van der Waals surface area (Å²) < 4.78 is 0. The summed E-state index contributed by atoms with van der Waals surface area (Å²) in [6.45, 7) is 6.38. The lowest BCUT2D eigenvalue weighted by Gasteiger charge is -2.11. The van der Waals surface area contributed by atoms with E-state index < -0.39 is 0 Å². The molecule has 1 rings (SSSR count). The molecular weight excluding hydrogens is 290 g/mol. The number of nitrogens with one attached hydrogen (secondary N) is 2. The van der Waals surface area contributed by atoms with Crippen LogP contribution in [0.2, 0.25) is 0 Å². The van der Waals surface area contributed by atoms with Gasteiger partial charge in [-0.05, 0) is 36.6 Å². The molecule has 1 amide bonds. The SMILES string of the molecule is Cc1cc(C(=O)NCC(C)C)ccc1NC(C#N)=C(C#N)C#N. The third-order valence-electron chi connectivity index (χ3n) is 3.00. The number of nitrogens with zero attached hydrogens (tertiary/aromatic N) is 3. The van der Waals surface area contributed by atoms with Crippen molar-refractivity contribution < 1.29 is 4.79 Å². The van der Waals surface area contributed by atoms with Crippen LogP contribution < -0.4 is 10.6 Å². The average Bonchev–Trinajstić information content (AvgIpc) is 2.53. The molecule has 0 aliphatic rings. The Labute approximate surface area is 135 Å². The highest BCUT2D eigenvalue weighted by Gasteiger charge is 2.11. The van der Waals surface area contributed by atoms with Crippen LogP contribution in [0, 0.1) is 46.8 Å². The molecule has 0 aromatic heterocycles. The second-order valence-electron chi connectivity index (χ2n) is 5.34. The number of anilines is 1. The lowest BCUT2D eigenvalue weighted by Crippen LogP contribution is -2.27. The molecule has 0 spiro atoms. The predicted octanol–water partition coefficient (Wildman–Crippen LogP) is 2.62. The van der Waals surface area contributed by atoms with Gasteiger partial charge in [-0.2, -0.15) is 15.8 Å². The molecule has 0 saturated carbocycles. The van der Waals surface area contributed by atoms with E-state index in [1.165, 1.54) is 0 Å². The van der Waals surface area contributed by atoms with Crippen molar-refractivity contribution >= 4 is 11.6 Å². The van der Waals surface area contributed by atoms with E-state index in [-0.39, 0.29) is 17.2 Å². The third-order valence-corrected chi connectivity index (χ3v) is 3.00. The molecule has 116 valence electrons. The van der Waals surface area contributed by atoms with Gasteiger partial charge < -0.3 is 10.6 Å². The number of carbonyl (C=O) groups is 1. The molecule has 0 bridgehead atoms. The predicted molar refractivity (Wildman–Crippen MR) is 85.8 cm³/mol. The summed E-state index contributed by atoms with van der Waals surface area (Å²) in [5.41, 5.74) is 1.40. The standard InChI is InChI=1S/C17H17N5O/c1-11(2)10-21-17(23)13-4-5-15(12(3)6-13)22-16(9-20)14(7-18)8-19/h4-6,11,22H,10H2,1-3H3,(H,21,23). The summed E-state index contributed by atoms with van der Waals surface area (Å²) in [6, 6.07) is 10.1. The molecule has 2 N–H and O–H groups in total. The summed E-state index contributed by atoms with van der Waals surface area (Å²) >= 11 is 0. The molecular formula is C17H17N5O. The number of hydrogen-bond acceptors (Lipinski definition) is 5. The van der Waals surface area contributed by atoms with Gasteiger partial charge in [0, 0.05) is 17.8 Å². The molecule has 0 aliphatic carbocycles. The zero-order chi connectivity index (χ0) is 17.4. The molecule has 0 unspecified atom stereocenters. The fourth-order valence-electron chi connectivity index (χ4n) is 1.76. The molecule has 0 heterocycles. The Hall–Kier alpha value is -3.30. The summed E-state index contributed by atoms with van der Waals surface area (Å²) in [5.74, 6) is 0.193. The van der Waals surface area contributed by atoms with E-state index in [1.54, 1.807) is 43.3 Å². The fraction of sp³-hybridized carbons (Fsp3) is 0.294. The van der Waals surface area contributed by atoms with E-state index in [0.29, 0.717) is 23.7 Å². The van der Waals surface area contributed by atoms with Gasteiger partial charge in [-0.15, -0.1) is 0 Å². The number of benzene rings is 1. The first-order valence-electron chi connectivity index (χ1n) is 7.03. The van der Waals surface area contributed by atoms with E-state index in [2.05, 4.69) is 10.6 Å². The van der Waals surface area contributed by atoms with Crippen LogP contribution in [0.4, 0.5) is 5.69 Å². The van der Waals surface area contributed by atoms with Gasteiger partial charge >= 0.3 is 0 Å². The molecule has 0 aliphatic heterocycles. The van der Waals surface area contributed by atoms with Gasteiger partial charge in [-0.1, -0.05) is 13.8 Å². The Morgan fingerprint density at radius 1 is 1.17 bits per heavy atom. The van der Waals surface area contributed by atoms with Crippen molar-refractivity contribution in [1.29, 1.82) is 15.8 Å². The van der Waals surface area contributed by atoms with Gasteiger partial charge in [0.2, 0.25) is 0 Å². The number of nitriles is 3. The van der Waals surface area contributed by atoms with Crippen molar-refractivity contribution in [2.45, 2.75) is 20.8 Å². The molecule has 6 nitrogen and oxygen atoms in total. The van der Waals surface area contributed by atoms with Gasteiger partial charge in [-0.3, -0.25) is 4.79 Å². The molecule has 0 fully saturated rings. The highest BCUT2D eigenvalue weighted by molar-refractivity contribution is 5.95. The highest BCUT2D eigenvalue weighted by Crippen LogP contribution is 2.19. The third kappa shape index (κ3) is 4.88. The van der Waals surface area contributed by atoms with Crippen LogP contribution in [0.25, 0.3) is 0 Å². The minimum absolute atomic E-state index is 0.116. The maximum Gasteiger partial charge on any atom is 0.251 e. The lowest BCUT2D eigenvalue weighted by atomic mass is 10.1. The normalized spacial score (nSPS) is 9.26. The Bertz CT molecular complexity index is 741. The second-order valence-corrected chi connectivity index (χ2v) is 5.34. The summed E-state index contributed by atoms with van der Waals surface area (Å²) in [5, 5.41) is 32.3. The quantitative estimate of drug-likeness (QED) is 0.812. The minimum Gasteiger partial charge on any atom is -0.352 e. The molecule has 1 aromatic carbocycles. The zero-order valence-corrected chi connectivity index (χ0v) is 13.3. The van der Waals surface area contributed by atoms with E-state index in [0.717, 1.165) is 5.56 Å². The molecule has 1 aromatic rings. The summed E-state index contributed by atoms with van der Waals surface area (Å²) in [4.78, 5) is 12.0. The fourth-order valence-corrected chi connectivity index (χ4v) is 1.76. The molecule has 23 heavy (non-hydrogen) atoms. The van der Waals surface area contributed by atoms with Gasteiger partial charge in [0.15, 0.2) is 5.57 Å². The Morgan fingerprint density at radius 3 is 2.30 bits per heavy atom. The second kappa shape index (κ2) is 8.22. The van der Waals surface area contributed by atoms with Crippen molar-refractivity contribution in [2.75, 3.05) is 11.9 Å². The Morgan fingerprint density at radius 2 is 1.83 bits per heavy atom. The zero-order valence-electron chi connectivity index (χ0n) is 13.3. The van der Waals surface area contributed by atoms with Crippen LogP contribution in [0.3, 0.4) is 0 Å². The topological polar surface area (TPSA) is 112 Å². The van der Waals surface area contributed by atoms with E-state index in [4.69, 9.17) is 15.8 Å². The largest absolute Gasteiger partial charge is 0.352 e. The van der Waals surface area contributed by atoms with Crippen LogP contribution in [0.1, 0.15) is 29.8 Å². The van der Waals surface area contributed by atoms with Gasteiger partial charge in [0.05, 0.1) is 0 Å². The number of aryl methyl sites for hydroxylation is 1. The number of carbonyl (C=O) groups excluding carboxylic acids is 1. The maximum absolute atomic E-state index is 12.0. The summed E-state index contributed by atoms with van der Waals surface area (Å²) in [7, 11) is 0. The number of amides is 1. The van der Waals surface area contributed by atoms with Crippen LogP contribution in [0.5, 0.6) is 0 Å². The maximum atomic E-state index is 12.0. The van der Waals surface area contributed by atoms with Crippen molar-refractivity contribution in [1.82, 2.24) is 5.32 Å². The number of hydrogen-bond donors (Lipinski definition) is 2. The minimum atomic E-state index is -0.286. The first-order valence-corrected chi connectivity index (χ1v) is 7.03. The van der Waals surface area contributed by atoms with Crippen LogP contribution in [0.15, 0.2) is 29.5 Å². The monoisotopic (exact) mass is 307 g/mol. The van der Waals surface area contributed by atoms with E-state index in [9.17, 15) is 4.79 Å². The van der Waals surface area contributed by atoms with Crippen LogP contribution in [-0.4, -0.2) is 12.5 Å². The van der Waals surface area contributed by atoms with Gasteiger partial charge in [0.25, 0.3) is 5.91 Å². The van der Waals surface area contributed by atoms with Crippen LogP contribution >= 0.6 is 0 Å². The van der Waals surface area contributed by atoms with Gasteiger partial charge in [0.1, 0.15) is 23.9 Å². The van der Waals surface area contributed by atoms with Crippen molar-refractivity contribution in [3.8, 4) is 18.2 Å². The summed E-state index contributed by atoms with van der Waals surface area (Å²) in [6.07, 6.45) is 0.